The van der Waals surface area contributed by atoms with Crippen molar-refractivity contribution < 1.29 is 47.8 Å². The summed E-state index contributed by atoms with van der Waals surface area (Å²) in [6, 6.07) is 36.2. The predicted molar refractivity (Wildman–Crippen MR) is 253 cm³/mol. The molecule has 4 heteroatoms. The number of allylic oxidation sites excluding steroid dienone is 8. The van der Waals surface area contributed by atoms with E-state index in [1.54, 1.807) is 6.51 Å². The topological polar surface area (TPSA) is 0 Å². The van der Waals surface area contributed by atoms with Crippen LogP contribution in [0.5, 0.6) is 0 Å². The van der Waals surface area contributed by atoms with E-state index in [1.807, 2.05) is 36.4 Å². The maximum absolute atomic E-state index is 3.30. The Morgan fingerprint density at radius 2 is 0.810 bits per heavy atom. The van der Waals surface area contributed by atoms with Crippen molar-refractivity contribution in [2.45, 2.75) is 107 Å². The van der Waals surface area contributed by atoms with Gasteiger partial charge in [-0.3, -0.25) is 12.2 Å². The summed E-state index contributed by atoms with van der Waals surface area (Å²) in [5.41, 5.74) is 11.0. The van der Waals surface area contributed by atoms with Crippen molar-refractivity contribution in [2.24, 2.45) is 23.7 Å². The molecule has 0 atom stereocenters. The summed E-state index contributed by atoms with van der Waals surface area (Å²) in [7, 11) is 0. The van der Waals surface area contributed by atoms with Crippen molar-refractivity contribution in [2.75, 3.05) is 0 Å². The Labute approximate surface area is 396 Å². The smallest absolute Gasteiger partial charge is 0.0253 e. The fourth-order valence-corrected chi connectivity index (χ4v) is 12.7. The van der Waals surface area contributed by atoms with Gasteiger partial charge < -0.3 is 0 Å². The molecule has 0 amide bonds. The zero-order valence-corrected chi connectivity index (χ0v) is 45.1. The van der Waals surface area contributed by atoms with E-state index in [-0.39, 0.29) is 24.8 Å². The average Bonchev–Trinajstić information content (AvgIpc) is 3.99. The number of hydrogen-bond acceptors (Lipinski definition) is 0. The van der Waals surface area contributed by atoms with Crippen LogP contribution in [0.25, 0.3) is 22.3 Å². The molecule has 8 rings (SSSR count). The zero-order chi connectivity index (χ0) is 40.7. The van der Waals surface area contributed by atoms with E-state index >= 15 is 0 Å². The van der Waals surface area contributed by atoms with Crippen molar-refractivity contribution in [1.82, 2.24) is 0 Å². The van der Waals surface area contributed by atoms with E-state index in [4.69, 9.17) is 0 Å². The molecule has 0 bridgehead atoms. The van der Waals surface area contributed by atoms with Gasteiger partial charge in [-0.15, -0.1) is 48.8 Å². The van der Waals surface area contributed by atoms with Crippen molar-refractivity contribution in [1.29, 1.82) is 0 Å². The molecule has 0 aromatic heterocycles. The first-order valence-corrected chi connectivity index (χ1v) is 24.2. The SMILES string of the molecule is CC(C)C[C](=[Hf+2])CC(C)C.CC(C)C[C](=[Hf+2])CC(C)C.Cl.Cl.[C-]1=CC=CC1.[C-]1=CC=CC1.[c-]1cccc2c1Cc1ccccc1-2.[c-]1cccc2c1Cc1ccccc1-2. The Bertz CT molecular complexity index is 1640. The number of halogens is 2. The van der Waals surface area contributed by atoms with Gasteiger partial charge in [0.2, 0.25) is 0 Å². The number of benzene rings is 4. The van der Waals surface area contributed by atoms with Crippen LogP contribution in [-0.4, -0.2) is 6.51 Å². The molecule has 0 saturated heterocycles. The van der Waals surface area contributed by atoms with Crippen LogP contribution in [-0.2, 0) is 60.6 Å². The van der Waals surface area contributed by atoms with Gasteiger partial charge in [-0.1, -0.05) is 70.8 Å². The van der Waals surface area contributed by atoms with E-state index in [0.717, 1.165) is 49.4 Å². The van der Waals surface area contributed by atoms with Crippen LogP contribution in [0.1, 0.15) is 116 Å². The molecule has 0 saturated carbocycles. The monoisotopic (exact) mass is 1140 g/mol. The maximum Gasteiger partial charge on any atom is -0.0253 e. The summed E-state index contributed by atoms with van der Waals surface area (Å²) in [4.78, 5) is 0. The molecular weight excluding hydrogens is 1080 g/mol. The van der Waals surface area contributed by atoms with Gasteiger partial charge in [-0.05, 0) is 12.8 Å². The van der Waals surface area contributed by atoms with Crippen molar-refractivity contribution in [3.8, 4) is 22.3 Å². The van der Waals surface area contributed by atoms with Gasteiger partial charge in [0.1, 0.15) is 0 Å². The molecule has 4 aliphatic rings. The molecule has 4 aliphatic carbocycles. The number of fused-ring (bicyclic) bond motifs is 6. The van der Waals surface area contributed by atoms with E-state index in [0.29, 0.717) is 0 Å². The number of rotatable bonds is 8. The first kappa shape index (κ1) is 53.9. The van der Waals surface area contributed by atoms with Gasteiger partial charge in [0.15, 0.2) is 0 Å². The minimum Gasteiger partial charge on any atom is -0.273 e. The van der Waals surface area contributed by atoms with E-state index < -0.39 is 0 Å². The van der Waals surface area contributed by atoms with Crippen molar-refractivity contribution in [3.05, 3.63) is 168 Å². The third kappa shape index (κ3) is 21.4. The van der Waals surface area contributed by atoms with E-state index in [1.165, 1.54) is 118 Å². The van der Waals surface area contributed by atoms with E-state index in [2.05, 4.69) is 165 Å². The molecule has 0 unspecified atom stereocenters. The second kappa shape index (κ2) is 30.9. The number of hydrogen-bond donors (Lipinski definition) is 0. The molecule has 0 fully saturated rings. The Morgan fingerprint density at radius 3 is 1.09 bits per heavy atom. The van der Waals surface area contributed by atoms with Crippen LogP contribution in [0.4, 0.5) is 0 Å². The van der Waals surface area contributed by atoms with Gasteiger partial charge in [-0.25, -0.2) is 24.3 Å². The molecule has 4 aromatic rings. The summed E-state index contributed by atoms with van der Waals surface area (Å²) in [6.45, 7) is 18.4. The third-order valence-electron chi connectivity index (χ3n) is 9.02. The zero-order valence-electron chi connectivity index (χ0n) is 36.3. The summed E-state index contributed by atoms with van der Waals surface area (Å²) in [5, 5.41) is 0. The molecule has 0 spiro atoms. The predicted octanol–water partition coefficient (Wildman–Crippen LogP) is 15.2. The summed E-state index contributed by atoms with van der Waals surface area (Å²) in [6.07, 6.45) is 27.6. The molecule has 4 aromatic carbocycles. The molecule has 0 radical (unpaired) electrons. The summed E-state index contributed by atoms with van der Waals surface area (Å²) in [5.74, 6) is 3.47. The van der Waals surface area contributed by atoms with Gasteiger partial charge >= 0.3 is 159 Å². The molecule has 58 heavy (non-hydrogen) atoms. The van der Waals surface area contributed by atoms with Gasteiger partial charge in [0.25, 0.3) is 0 Å². The normalized spacial score (nSPS) is 12.4. The molecular formula is C54H66Cl2Hf2. The fraction of sp³-hybridized carbons (Fsp3) is 0.370. The van der Waals surface area contributed by atoms with Crippen LogP contribution in [0.15, 0.2) is 121 Å². The first-order valence-electron chi connectivity index (χ1n) is 20.7. The minimum atomic E-state index is 0. The van der Waals surface area contributed by atoms with Crippen LogP contribution in [0.2, 0.25) is 0 Å². The van der Waals surface area contributed by atoms with Crippen molar-refractivity contribution in [3.63, 3.8) is 0 Å². The molecule has 304 valence electrons. The Kier molecular flexibility index (Phi) is 28.7. The Morgan fingerprint density at radius 1 is 0.483 bits per heavy atom. The van der Waals surface area contributed by atoms with Crippen LogP contribution in [0, 0.1) is 48.0 Å². The molecule has 0 N–H and O–H groups in total. The van der Waals surface area contributed by atoms with Crippen LogP contribution in [0.3, 0.4) is 0 Å². The summed E-state index contributed by atoms with van der Waals surface area (Å²) >= 11 is 2.60. The maximum atomic E-state index is 3.30. The second-order valence-corrected chi connectivity index (χ2v) is 21.5. The Hall–Kier alpha value is -2.10. The summed E-state index contributed by atoms with van der Waals surface area (Å²) < 4.78 is 3.59. The van der Waals surface area contributed by atoms with E-state index in [9.17, 15) is 0 Å². The van der Waals surface area contributed by atoms with Gasteiger partial charge in [0, 0.05) is 0 Å². The quantitative estimate of drug-likeness (QED) is 0.105. The van der Waals surface area contributed by atoms with Gasteiger partial charge in [-0.2, -0.15) is 71.8 Å². The first-order chi connectivity index (χ1) is 26.9. The standard InChI is InChI=1S/2C13H9.2C9H18.2C5H5.2ClH.2Hf/c2*1-3-7-12-10(5-1)9-11-6-2-4-8-13(11)12;2*1-8(2)6-5-7-9(3)4;2*1-2-4-5-3-1;;;;/h2*1-5,7-8H,9H2;2*8-9H,6-7H2,1-4H3;2*1-3H,4H2;2*1H;;/q2*-1;;;2*-1;;;2*+2. The largest absolute Gasteiger partial charge is 0.273 e. The van der Waals surface area contributed by atoms with Crippen LogP contribution >= 0.6 is 24.8 Å². The molecule has 0 nitrogen and oxygen atoms in total. The van der Waals surface area contributed by atoms with Crippen molar-refractivity contribution >= 4 is 31.3 Å². The fourth-order valence-electron chi connectivity index (χ4n) is 6.81. The van der Waals surface area contributed by atoms with Gasteiger partial charge in [0.05, 0.1) is 0 Å². The molecule has 0 heterocycles. The van der Waals surface area contributed by atoms with Crippen LogP contribution < -0.4 is 0 Å². The third-order valence-corrected chi connectivity index (χ3v) is 12.0. The second-order valence-electron chi connectivity index (χ2n) is 16.4. The Balaban J connectivity index is 0.000000357. The average molecular weight is 1140 g/mol. The minimum absolute atomic E-state index is 0. The molecule has 0 aliphatic heterocycles.